The molecule has 0 atom stereocenters. The summed E-state index contributed by atoms with van der Waals surface area (Å²) in [5, 5.41) is 27.4. The number of nitrogens with one attached hydrogen (secondary N) is 3. The Bertz CT molecular complexity index is 1270. The van der Waals surface area contributed by atoms with Crippen LogP contribution in [0.1, 0.15) is 0 Å². The van der Waals surface area contributed by atoms with E-state index in [2.05, 4.69) is 26.1 Å². The summed E-state index contributed by atoms with van der Waals surface area (Å²) < 4.78 is 0. The van der Waals surface area contributed by atoms with Gasteiger partial charge < -0.3 is 5.32 Å². The number of rotatable bonds is 7. The fourth-order valence-corrected chi connectivity index (χ4v) is 2.99. The highest BCUT2D eigenvalue weighted by Gasteiger charge is 2.23. The molecule has 31 heavy (non-hydrogen) atoms. The van der Waals surface area contributed by atoms with Crippen LogP contribution in [0.4, 0.5) is 34.4 Å². The minimum absolute atomic E-state index is 0.0179. The van der Waals surface area contributed by atoms with Gasteiger partial charge in [-0.05, 0) is 23.6 Å². The predicted molar refractivity (Wildman–Crippen MR) is 116 cm³/mol. The normalized spacial score (nSPS) is 10.5. The molecule has 154 valence electrons. The van der Waals surface area contributed by atoms with Crippen LogP contribution >= 0.6 is 0 Å². The molecule has 0 saturated carbocycles. The highest BCUT2D eigenvalue weighted by molar-refractivity contribution is 5.96. The lowest BCUT2D eigenvalue weighted by molar-refractivity contribution is -0.384. The second-order valence-electron chi connectivity index (χ2n) is 6.38. The number of hydrazine groups is 1. The monoisotopic (exact) mass is 417 g/mol. The number of nitrogens with zero attached hydrogens (tertiary/aromatic N) is 4. The number of fused-ring (bicyclic) bond motifs is 1. The van der Waals surface area contributed by atoms with Gasteiger partial charge in [-0.1, -0.05) is 36.4 Å². The van der Waals surface area contributed by atoms with E-state index in [0.717, 1.165) is 10.8 Å². The first kappa shape index (κ1) is 19.5. The van der Waals surface area contributed by atoms with Crippen molar-refractivity contribution < 1.29 is 9.85 Å². The minimum Gasteiger partial charge on any atom is -0.334 e. The van der Waals surface area contributed by atoms with E-state index in [-0.39, 0.29) is 23.0 Å². The molecule has 0 amide bonds. The smallest absolute Gasteiger partial charge is 0.334 e. The maximum absolute atomic E-state index is 11.8. The van der Waals surface area contributed by atoms with Crippen LogP contribution < -0.4 is 16.2 Å². The van der Waals surface area contributed by atoms with Gasteiger partial charge in [-0.3, -0.25) is 31.1 Å². The maximum atomic E-state index is 11.8. The van der Waals surface area contributed by atoms with Crippen LogP contribution in [-0.4, -0.2) is 19.8 Å². The van der Waals surface area contributed by atoms with E-state index < -0.39 is 9.85 Å². The van der Waals surface area contributed by atoms with Crippen LogP contribution in [0, 0.1) is 20.2 Å². The fraction of sp³-hybridized carbons (Fsp3) is 0. The molecular weight excluding hydrogens is 402 g/mol. The van der Waals surface area contributed by atoms with Gasteiger partial charge in [0.2, 0.25) is 11.6 Å². The van der Waals surface area contributed by atoms with Gasteiger partial charge in [0.25, 0.3) is 5.69 Å². The Morgan fingerprint density at radius 2 is 1.45 bits per heavy atom. The van der Waals surface area contributed by atoms with Gasteiger partial charge in [-0.25, -0.2) is 9.97 Å². The summed E-state index contributed by atoms with van der Waals surface area (Å²) in [7, 11) is 0. The molecule has 11 nitrogen and oxygen atoms in total. The Labute approximate surface area is 175 Å². The largest absolute Gasteiger partial charge is 0.355 e. The van der Waals surface area contributed by atoms with E-state index in [0.29, 0.717) is 11.4 Å². The summed E-state index contributed by atoms with van der Waals surface area (Å²) in [5.74, 6) is -0.0505. The van der Waals surface area contributed by atoms with Crippen molar-refractivity contribution in [2.75, 3.05) is 16.2 Å². The van der Waals surface area contributed by atoms with Crippen molar-refractivity contribution in [3.8, 4) is 0 Å². The van der Waals surface area contributed by atoms with E-state index in [1.54, 1.807) is 6.07 Å². The lowest BCUT2D eigenvalue weighted by atomic mass is 10.1. The molecule has 0 radical (unpaired) electrons. The summed E-state index contributed by atoms with van der Waals surface area (Å²) in [6, 6.07) is 18.8. The van der Waals surface area contributed by atoms with Crippen LogP contribution in [0.25, 0.3) is 10.8 Å². The van der Waals surface area contributed by atoms with Crippen LogP contribution in [0.15, 0.2) is 73.1 Å². The number of aromatic nitrogens is 2. The fourth-order valence-electron chi connectivity index (χ4n) is 2.99. The van der Waals surface area contributed by atoms with Gasteiger partial charge in [-0.15, -0.1) is 0 Å². The second-order valence-corrected chi connectivity index (χ2v) is 6.38. The molecular formula is C20H15N7O4. The van der Waals surface area contributed by atoms with Crippen LogP contribution in [0.3, 0.4) is 0 Å². The zero-order valence-corrected chi connectivity index (χ0v) is 15.9. The van der Waals surface area contributed by atoms with Gasteiger partial charge in [0, 0.05) is 23.2 Å². The Kier molecular flexibility index (Phi) is 5.22. The number of nitro groups is 2. The van der Waals surface area contributed by atoms with E-state index in [4.69, 9.17) is 0 Å². The van der Waals surface area contributed by atoms with E-state index in [1.807, 2.05) is 36.4 Å². The third kappa shape index (κ3) is 4.15. The Morgan fingerprint density at radius 3 is 2.19 bits per heavy atom. The van der Waals surface area contributed by atoms with E-state index >= 15 is 0 Å². The molecule has 0 bridgehead atoms. The molecule has 4 rings (SSSR count). The SMILES string of the molecule is O=[N+]([O-])c1ccc(NNc2ncnc(Nc3cccc4ccccc34)c2[N+](=O)[O-])cc1. The van der Waals surface area contributed by atoms with Gasteiger partial charge in [-0.2, -0.15) is 0 Å². The first-order valence-corrected chi connectivity index (χ1v) is 9.03. The first-order chi connectivity index (χ1) is 15.0. The quantitative estimate of drug-likeness (QED) is 0.289. The first-order valence-electron chi connectivity index (χ1n) is 9.03. The van der Waals surface area contributed by atoms with Crippen LogP contribution in [0.5, 0.6) is 0 Å². The molecule has 0 aliphatic carbocycles. The van der Waals surface area contributed by atoms with Gasteiger partial charge >= 0.3 is 5.69 Å². The molecule has 0 saturated heterocycles. The lowest BCUT2D eigenvalue weighted by Crippen LogP contribution is -2.13. The number of benzene rings is 3. The van der Waals surface area contributed by atoms with Crippen LogP contribution in [0.2, 0.25) is 0 Å². The summed E-state index contributed by atoms with van der Waals surface area (Å²) in [6.45, 7) is 0. The Hall–Kier alpha value is -4.80. The average molecular weight is 417 g/mol. The highest BCUT2D eigenvalue weighted by atomic mass is 16.6. The van der Waals surface area contributed by atoms with Crippen molar-refractivity contribution in [3.05, 3.63) is 93.3 Å². The second kappa shape index (κ2) is 8.29. The molecule has 0 fully saturated rings. The van der Waals surface area contributed by atoms with E-state index in [1.165, 1.54) is 30.6 Å². The molecule has 0 aliphatic rings. The molecule has 4 aromatic rings. The number of nitro benzene ring substituents is 1. The molecule has 0 spiro atoms. The van der Waals surface area contributed by atoms with Crippen LogP contribution in [-0.2, 0) is 0 Å². The Morgan fingerprint density at radius 1 is 0.742 bits per heavy atom. The number of non-ortho nitro benzene ring substituents is 1. The van der Waals surface area contributed by atoms with Crippen molar-refractivity contribution in [3.63, 3.8) is 0 Å². The van der Waals surface area contributed by atoms with Crippen molar-refractivity contribution in [2.45, 2.75) is 0 Å². The minimum atomic E-state index is -0.590. The average Bonchev–Trinajstić information content (AvgIpc) is 2.78. The third-order valence-corrected chi connectivity index (χ3v) is 4.45. The van der Waals surface area contributed by atoms with Crippen molar-refractivity contribution >= 4 is 45.2 Å². The highest BCUT2D eigenvalue weighted by Crippen LogP contribution is 2.33. The van der Waals surface area contributed by atoms with Gasteiger partial charge in [0.15, 0.2) is 0 Å². The molecule has 0 aliphatic heterocycles. The topological polar surface area (TPSA) is 148 Å². The molecule has 1 heterocycles. The summed E-state index contributed by atoms with van der Waals surface area (Å²) in [6.07, 6.45) is 1.19. The maximum Gasteiger partial charge on any atom is 0.355 e. The molecule has 11 heteroatoms. The zero-order chi connectivity index (χ0) is 21.8. The summed E-state index contributed by atoms with van der Waals surface area (Å²) in [4.78, 5) is 29.4. The summed E-state index contributed by atoms with van der Waals surface area (Å²) in [5.41, 5.74) is 6.11. The van der Waals surface area contributed by atoms with E-state index in [9.17, 15) is 20.2 Å². The predicted octanol–water partition coefficient (Wildman–Crippen LogP) is 4.63. The van der Waals surface area contributed by atoms with Crippen molar-refractivity contribution in [2.24, 2.45) is 0 Å². The van der Waals surface area contributed by atoms with Crippen molar-refractivity contribution in [1.29, 1.82) is 0 Å². The standard InChI is InChI=1S/C20H15N7O4/c28-26(29)15-10-8-14(9-11-15)24-25-20-18(27(30)31)19(21-12-22-20)23-17-7-3-5-13-4-1-2-6-16(13)17/h1-12,24H,(H2,21,22,23,25). The molecule has 3 aromatic carbocycles. The lowest BCUT2D eigenvalue weighted by Gasteiger charge is -2.12. The van der Waals surface area contributed by atoms with Gasteiger partial charge in [0.1, 0.15) is 6.33 Å². The number of hydrogen-bond acceptors (Lipinski definition) is 9. The molecule has 3 N–H and O–H groups in total. The number of anilines is 4. The third-order valence-electron chi connectivity index (χ3n) is 4.45. The van der Waals surface area contributed by atoms with Gasteiger partial charge in [0.05, 0.1) is 15.5 Å². The molecule has 1 aromatic heterocycles. The number of hydrogen-bond donors (Lipinski definition) is 3. The summed E-state index contributed by atoms with van der Waals surface area (Å²) >= 11 is 0. The van der Waals surface area contributed by atoms with Crippen molar-refractivity contribution in [1.82, 2.24) is 9.97 Å². The zero-order valence-electron chi connectivity index (χ0n) is 15.9. The molecule has 0 unspecified atom stereocenters. The Balaban J connectivity index is 1.62.